The van der Waals surface area contributed by atoms with Gasteiger partial charge in [-0.1, -0.05) is 28.8 Å². The molecule has 0 aliphatic heterocycles. The van der Waals surface area contributed by atoms with Crippen LogP contribution in [0.4, 0.5) is 0 Å². The molecule has 0 spiro atoms. The molecule has 0 saturated heterocycles. The summed E-state index contributed by atoms with van der Waals surface area (Å²) in [6, 6.07) is 0. The maximum absolute atomic E-state index is 3.64. The van der Waals surface area contributed by atoms with Crippen molar-refractivity contribution in [3.8, 4) is 0 Å². The van der Waals surface area contributed by atoms with Gasteiger partial charge in [0.15, 0.2) is 0 Å². The molecule has 1 fully saturated rings. The minimum atomic E-state index is 0.601. The molecule has 1 rings (SSSR count). The summed E-state index contributed by atoms with van der Waals surface area (Å²) in [5, 5.41) is 1.18. The quantitative estimate of drug-likeness (QED) is 0.660. The lowest BCUT2D eigenvalue weighted by molar-refractivity contribution is 0.231. The van der Waals surface area contributed by atoms with Crippen molar-refractivity contribution < 1.29 is 0 Å². The first kappa shape index (κ1) is 9.53. The van der Waals surface area contributed by atoms with Crippen LogP contribution in [-0.4, -0.2) is 30.9 Å². The van der Waals surface area contributed by atoms with E-state index in [9.17, 15) is 0 Å². The second kappa shape index (κ2) is 3.90. The van der Waals surface area contributed by atoms with Gasteiger partial charge in [0, 0.05) is 11.9 Å². The van der Waals surface area contributed by atoms with E-state index in [2.05, 4.69) is 34.9 Å². The van der Waals surface area contributed by atoms with E-state index in [1.54, 1.807) is 0 Å². The van der Waals surface area contributed by atoms with Crippen LogP contribution in [0.15, 0.2) is 0 Å². The summed E-state index contributed by atoms with van der Waals surface area (Å²) >= 11 is 3.64. The second-order valence-electron chi connectivity index (χ2n) is 4.08. The number of halogens is 1. The molecule has 0 amide bonds. The largest absolute Gasteiger partial charge is 0.309 e. The molecule has 0 aromatic rings. The third kappa shape index (κ3) is 2.45. The summed E-state index contributed by atoms with van der Waals surface area (Å²) in [5.41, 5.74) is 0.601. The van der Waals surface area contributed by atoms with E-state index in [-0.39, 0.29) is 0 Å². The molecule has 0 radical (unpaired) electrons. The molecule has 1 aliphatic carbocycles. The van der Waals surface area contributed by atoms with Crippen molar-refractivity contribution in [1.29, 1.82) is 0 Å². The fraction of sp³-hybridized carbons (Fsp3) is 1.00. The van der Waals surface area contributed by atoms with Crippen LogP contribution < -0.4 is 0 Å². The Bertz CT molecular complexity index is 117. The fourth-order valence-electron chi connectivity index (χ4n) is 2.13. The topological polar surface area (TPSA) is 3.24 Å². The first-order valence-corrected chi connectivity index (χ1v) is 5.51. The van der Waals surface area contributed by atoms with Crippen LogP contribution in [0.3, 0.4) is 0 Å². The summed E-state index contributed by atoms with van der Waals surface area (Å²) in [6.07, 6.45) is 5.69. The maximum Gasteiger partial charge on any atom is 0.0100 e. The van der Waals surface area contributed by atoms with E-state index in [1.807, 2.05) is 0 Å². The van der Waals surface area contributed by atoms with Gasteiger partial charge in [-0.25, -0.2) is 0 Å². The van der Waals surface area contributed by atoms with Gasteiger partial charge in [-0.15, -0.1) is 0 Å². The van der Waals surface area contributed by atoms with Crippen LogP contribution in [0.5, 0.6) is 0 Å². The van der Waals surface area contributed by atoms with Gasteiger partial charge in [0.05, 0.1) is 0 Å². The molecule has 66 valence electrons. The van der Waals surface area contributed by atoms with E-state index in [0.717, 1.165) is 0 Å². The van der Waals surface area contributed by atoms with Crippen LogP contribution in [0.2, 0.25) is 0 Å². The summed E-state index contributed by atoms with van der Waals surface area (Å²) < 4.78 is 0. The molecule has 1 nitrogen and oxygen atoms in total. The first-order chi connectivity index (χ1) is 5.18. The summed E-state index contributed by atoms with van der Waals surface area (Å²) in [5.74, 6) is 0. The Morgan fingerprint density at radius 2 is 1.82 bits per heavy atom. The molecule has 2 heteroatoms. The third-order valence-electron chi connectivity index (χ3n) is 2.60. The van der Waals surface area contributed by atoms with Crippen molar-refractivity contribution in [2.75, 3.05) is 26.0 Å². The van der Waals surface area contributed by atoms with E-state index < -0.39 is 0 Å². The molecule has 11 heavy (non-hydrogen) atoms. The monoisotopic (exact) mass is 219 g/mol. The highest BCUT2D eigenvalue weighted by molar-refractivity contribution is 9.09. The molecule has 1 aliphatic rings. The van der Waals surface area contributed by atoms with Crippen molar-refractivity contribution in [3.63, 3.8) is 0 Å². The molecule has 0 aromatic heterocycles. The van der Waals surface area contributed by atoms with Gasteiger partial charge in [0.2, 0.25) is 0 Å². The smallest absolute Gasteiger partial charge is 0.0100 e. The van der Waals surface area contributed by atoms with Gasteiger partial charge in [-0.3, -0.25) is 0 Å². The van der Waals surface area contributed by atoms with Crippen molar-refractivity contribution in [2.45, 2.75) is 25.7 Å². The number of hydrogen-bond donors (Lipinski definition) is 0. The highest BCUT2D eigenvalue weighted by atomic mass is 79.9. The molecule has 0 N–H and O–H groups in total. The van der Waals surface area contributed by atoms with E-state index >= 15 is 0 Å². The number of rotatable bonds is 3. The minimum absolute atomic E-state index is 0.601. The Morgan fingerprint density at radius 3 is 2.18 bits per heavy atom. The fourth-order valence-corrected chi connectivity index (χ4v) is 2.87. The normalized spacial score (nSPS) is 22.9. The third-order valence-corrected chi connectivity index (χ3v) is 3.79. The predicted molar refractivity (Wildman–Crippen MR) is 53.2 cm³/mol. The average molecular weight is 220 g/mol. The molecule has 0 bridgehead atoms. The Morgan fingerprint density at radius 1 is 1.27 bits per heavy atom. The molecule has 0 aromatic carbocycles. The van der Waals surface area contributed by atoms with Crippen molar-refractivity contribution in [2.24, 2.45) is 5.41 Å². The van der Waals surface area contributed by atoms with Gasteiger partial charge in [0.25, 0.3) is 0 Å². The predicted octanol–water partition coefficient (Wildman–Crippen LogP) is 2.50. The zero-order chi connectivity index (χ0) is 8.32. The Balaban J connectivity index is 2.45. The number of alkyl halides is 1. The summed E-state index contributed by atoms with van der Waals surface area (Å²) in [7, 11) is 4.34. The van der Waals surface area contributed by atoms with E-state index in [0.29, 0.717) is 5.41 Å². The highest BCUT2D eigenvalue weighted by Gasteiger charge is 2.32. The van der Waals surface area contributed by atoms with Crippen LogP contribution >= 0.6 is 15.9 Å². The van der Waals surface area contributed by atoms with Crippen molar-refractivity contribution >= 4 is 15.9 Å². The molecule has 1 saturated carbocycles. The lowest BCUT2D eigenvalue weighted by Gasteiger charge is -2.29. The van der Waals surface area contributed by atoms with E-state index in [4.69, 9.17) is 0 Å². The molecular formula is C9H18BrN. The first-order valence-electron chi connectivity index (χ1n) is 4.39. The van der Waals surface area contributed by atoms with Crippen LogP contribution in [0.25, 0.3) is 0 Å². The SMILES string of the molecule is CN(C)CC1(CBr)CCCC1. The average Bonchev–Trinajstić information content (AvgIpc) is 2.36. The second-order valence-corrected chi connectivity index (χ2v) is 4.64. The van der Waals surface area contributed by atoms with Gasteiger partial charge in [-0.2, -0.15) is 0 Å². The maximum atomic E-state index is 3.64. The number of hydrogen-bond acceptors (Lipinski definition) is 1. The van der Waals surface area contributed by atoms with Crippen molar-refractivity contribution in [1.82, 2.24) is 4.90 Å². The molecule has 0 heterocycles. The summed E-state index contributed by atoms with van der Waals surface area (Å²) in [4.78, 5) is 2.31. The molecule has 0 unspecified atom stereocenters. The lowest BCUT2D eigenvalue weighted by atomic mass is 9.88. The van der Waals surface area contributed by atoms with Crippen molar-refractivity contribution in [3.05, 3.63) is 0 Å². The molecule has 0 atom stereocenters. The Labute approximate surface area is 78.3 Å². The zero-order valence-corrected chi connectivity index (χ0v) is 9.15. The van der Waals surface area contributed by atoms with Crippen LogP contribution in [0, 0.1) is 5.41 Å². The van der Waals surface area contributed by atoms with Gasteiger partial charge < -0.3 is 4.90 Å². The lowest BCUT2D eigenvalue weighted by Crippen LogP contribution is -2.32. The Hall–Kier alpha value is 0.440. The van der Waals surface area contributed by atoms with E-state index in [1.165, 1.54) is 37.6 Å². The standard InChI is InChI=1S/C9H18BrN/c1-11(2)8-9(7-10)5-3-4-6-9/h3-8H2,1-2H3. The van der Waals surface area contributed by atoms with Gasteiger partial charge in [0.1, 0.15) is 0 Å². The number of nitrogens with zero attached hydrogens (tertiary/aromatic N) is 1. The van der Waals surface area contributed by atoms with Crippen LogP contribution in [0.1, 0.15) is 25.7 Å². The summed E-state index contributed by atoms with van der Waals surface area (Å²) in [6.45, 7) is 1.25. The zero-order valence-electron chi connectivity index (χ0n) is 7.57. The Kier molecular flexibility index (Phi) is 3.38. The minimum Gasteiger partial charge on any atom is -0.309 e. The van der Waals surface area contributed by atoms with Crippen LogP contribution in [-0.2, 0) is 0 Å². The highest BCUT2D eigenvalue weighted by Crippen LogP contribution is 2.39. The van der Waals surface area contributed by atoms with Gasteiger partial charge >= 0.3 is 0 Å². The van der Waals surface area contributed by atoms with Gasteiger partial charge in [-0.05, 0) is 32.4 Å². The molecular weight excluding hydrogens is 202 g/mol.